The number of halogens is 5. The molecule has 1 aliphatic carbocycles. The van der Waals surface area contributed by atoms with Crippen molar-refractivity contribution in [2.24, 2.45) is 0 Å². The molecule has 1 saturated carbocycles. The Morgan fingerprint density at radius 1 is 1.00 bits per heavy atom. The molecule has 0 N–H and O–H groups in total. The molecule has 2 nitrogen and oxygen atoms in total. The van der Waals surface area contributed by atoms with E-state index in [9.17, 15) is 27.8 Å². The lowest BCUT2D eigenvalue weighted by Crippen LogP contribution is -2.50. The van der Waals surface area contributed by atoms with Gasteiger partial charge in [0.05, 0.1) is 10.00 Å². The zero-order chi connectivity index (χ0) is 14.0. The monoisotopic (exact) mass is 302 g/mol. The van der Waals surface area contributed by atoms with E-state index in [0.29, 0.717) is 0 Å². The summed E-state index contributed by atoms with van der Waals surface area (Å²) >= 11 is 0. The van der Waals surface area contributed by atoms with Gasteiger partial charge in [0.2, 0.25) is 0 Å². The Balaban J connectivity index is 2.87. The van der Waals surface area contributed by atoms with Crippen molar-refractivity contribution in [3.8, 4) is 0 Å². The maximum atomic E-state index is 12.3. The Bertz CT molecular complexity index is 424. The zero-order valence-electron chi connectivity index (χ0n) is 9.59. The van der Waals surface area contributed by atoms with Crippen LogP contribution in [0.5, 0.6) is 0 Å². The van der Waals surface area contributed by atoms with E-state index in [1.165, 1.54) is 20.8 Å². The highest BCUT2D eigenvalue weighted by Gasteiger charge is 2.73. The average molecular weight is 302 g/mol. The minimum absolute atomic E-state index is 1.02. The highest BCUT2D eigenvalue weighted by atomic mass is 32.5. The quantitative estimate of drug-likeness (QED) is 0.722. The predicted molar refractivity (Wildman–Crippen MR) is 58.6 cm³/mol. The van der Waals surface area contributed by atoms with Crippen LogP contribution in [0.25, 0.3) is 0 Å². The molecule has 106 valence electrons. The normalized spacial score (nSPS) is 31.3. The molecule has 0 aromatic carbocycles. The van der Waals surface area contributed by atoms with Crippen molar-refractivity contribution in [2.75, 3.05) is 0 Å². The van der Waals surface area contributed by atoms with Gasteiger partial charge in [0.25, 0.3) is 10.2 Å². The lowest BCUT2D eigenvalue weighted by Gasteiger charge is -2.53. The summed E-state index contributed by atoms with van der Waals surface area (Å²) in [6.07, 6.45) is -2.03. The first-order valence-corrected chi connectivity index (χ1v) is 8.47. The topological polar surface area (TPSA) is 34.1 Å². The molecule has 0 aliphatic heterocycles. The van der Waals surface area contributed by atoms with Gasteiger partial charge in [0.1, 0.15) is 5.25 Å². The van der Waals surface area contributed by atoms with Crippen LogP contribution in [0.15, 0.2) is 0 Å². The predicted octanol–water partition coefficient (Wildman–Crippen LogP) is 4.03. The first-order valence-electron chi connectivity index (χ1n) is 4.91. The standard InChI is InChI=1S/C8H15F5O2S2/c1-8(2,3)16(14,15)6-4-7(5-6)17(9,10,11,12)13/h6-7H,4-5H2,1-3H3. The molecule has 1 aliphatic rings. The Kier molecular flexibility index (Phi) is 2.58. The molecule has 17 heavy (non-hydrogen) atoms. The first kappa shape index (κ1) is 15.0. The minimum Gasteiger partial charge on any atom is -0.228 e. The van der Waals surface area contributed by atoms with Gasteiger partial charge in [-0.2, -0.15) is 0 Å². The molecule has 0 unspecified atom stereocenters. The van der Waals surface area contributed by atoms with E-state index in [2.05, 4.69) is 0 Å². The number of hydrogen-bond donors (Lipinski definition) is 0. The van der Waals surface area contributed by atoms with Gasteiger partial charge in [-0.15, -0.1) is 0 Å². The minimum atomic E-state index is -9.52. The first-order chi connectivity index (χ1) is 6.95. The lowest BCUT2D eigenvalue weighted by molar-refractivity contribution is 0.300. The summed E-state index contributed by atoms with van der Waals surface area (Å²) in [6.45, 7) is 4.03. The van der Waals surface area contributed by atoms with E-state index in [0.717, 1.165) is 0 Å². The van der Waals surface area contributed by atoms with Crippen molar-refractivity contribution < 1.29 is 27.8 Å². The summed E-state index contributed by atoms with van der Waals surface area (Å²) in [4.78, 5) is 0. The molecule has 0 atom stereocenters. The van der Waals surface area contributed by atoms with Gasteiger partial charge in [-0.05, 0) is 33.6 Å². The molecule has 0 aromatic rings. The lowest BCUT2D eigenvalue weighted by atomic mass is 9.99. The summed E-state index contributed by atoms with van der Waals surface area (Å²) in [7, 11) is -13.3. The fourth-order valence-electron chi connectivity index (χ4n) is 1.63. The van der Waals surface area contributed by atoms with Crippen molar-refractivity contribution >= 4 is 20.1 Å². The van der Waals surface area contributed by atoms with Crippen LogP contribution in [0.1, 0.15) is 33.6 Å². The smallest absolute Gasteiger partial charge is 0.228 e. The molecule has 0 amide bonds. The molecule has 0 bridgehead atoms. The molecule has 0 radical (unpaired) electrons. The van der Waals surface area contributed by atoms with Gasteiger partial charge in [0.15, 0.2) is 9.84 Å². The summed E-state index contributed by atoms with van der Waals surface area (Å²) < 4.78 is 83.8. The van der Waals surface area contributed by atoms with Crippen LogP contribution in [0, 0.1) is 0 Å². The van der Waals surface area contributed by atoms with Gasteiger partial charge < -0.3 is 0 Å². The van der Waals surface area contributed by atoms with E-state index in [1.54, 1.807) is 0 Å². The van der Waals surface area contributed by atoms with Crippen LogP contribution in [-0.4, -0.2) is 23.7 Å². The van der Waals surface area contributed by atoms with Crippen molar-refractivity contribution in [1.82, 2.24) is 0 Å². The van der Waals surface area contributed by atoms with Gasteiger partial charge >= 0.3 is 0 Å². The Labute approximate surface area is 97.2 Å². The number of rotatable bonds is 2. The van der Waals surface area contributed by atoms with Gasteiger partial charge in [-0.3, -0.25) is 0 Å². The van der Waals surface area contributed by atoms with Crippen LogP contribution in [0.3, 0.4) is 0 Å². The van der Waals surface area contributed by atoms with E-state index < -0.39 is 48.1 Å². The summed E-state index contributed by atoms with van der Waals surface area (Å²) in [5.74, 6) is 0. The molecule has 0 heterocycles. The van der Waals surface area contributed by atoms with Crippen LogP contribution in [0.4, 0.5) is 19.4 Å². The number of sulfone groups is 1. The highest BCUT2D eigenvalue weighted by Crippen LogP contribution is 3.02. The zero-order valence-corrected chi connectivity index (χ0v) is 11.2. The molecular formula is C8H15F5O2S2. The third-order valence-electron chi connectivity index (χ3n) is 2.97. The van der Waals surface area contributed by atoms with Crippen molar-refractivity contribution in [3.05, 3.63) is 0 Å². The molecule has 1 fully saturated rings. The van der Waals surface area contributed by atoms with Gasteiger partial charge in [0, 0.05) is 0 Å². The fraction of sp³-hybridized carbons (Fsp3) is 1.00. The Morgan fingerprint density at radius 3 is 1.59 bits per heavy atom. The molecular weight excluding hydrogens is 287 g/mol. The maximum absolute atomic E-state index is 12.3. The van der Waals surface area contributed by atoms with Crippen LogP contribution in [0.2, 0.25) is 0 Å². The van der Waals surface area contributed by atoms with E-state index >= 15 is 0 Å². The van der Waals surface area contributed by atoms with E-state index in [1.807, 2.05) is 0 Å². The fourth-order valence-corrected chi connectivity index (χ4v) is 5.04. The Hall–Kier alpha value is -0.0500. The third-order valence-corrected chi connectivity index (χ3v) is 7.59. The second-order valence-corrected chi connectivity index (χ2v) is 11.1. The van der Waals surface area contributed by atoms with Crippen molar-refractivity contribution in [3.63, 3.8) is 0 Å². The van der Waals surface area contributed by atoms with Gasteiger partial charge in [-0.25, -0.2) is 8.42 Å². The van der Waals surface area contributed by atoms with Crippen LogP contribution < -0.4 is 0 Å². The highest BCUT2D eigenvalue weighted by molar-refractivity contribution is 8.46. The second kappa shape index (κ2) is 2.92. The van der Waals surface area contributed by atoms with E-state index in [-0.39, 0.29) is 0 Å². The molecule has 1 rings (SSSR count). The van der Waals surface area contributed by atoms with Crippen molar-refractivity contribution in [1.29, 1.82) is 0 Å². The number of hydrogen-bond acceptors (Lipinski definition) is 2. The molecule has 0 saturated heterocycles. The SMILES string of the molecule is CC(C)(C)S(=O)(=O)C1CC(S(F)(F)(F)(F)F)C1. The summed E-state index contributed by atoms with van der Waals surface area (Å²) in [5.41, 5.74) is 0. The average Bonchev–Trinajstić information content (AvgIpc) is 1.69. The van der Waals surface area contributed by atoms with Crippen LogP contribution >= 0.6 is 10.2 Å². The van der Waals surface area contributed by atoms with Gasteiger partial charge in [-0.1, -0.05) is 19.4 Å². The third kappa shape index (κ3) is 2.86. The van der Waals surface area contributed by atoms with Crippen LogP contribution in [-0.2, 0) is 9.84 Å². The van der Waals surface area contributed by atoms with E-state index in [4.69, 9.17) is 0 Å². The second-order valence-electron chi connectivity index (χ2n) is 5.40. The van der Waals surface area contributed by atoms with Crippen molar-refractivity contribution in [2.45, 2.75) is 48.9 Å². The molecule has 0 spiro atoms. The molecule has 9 heteroatoms. The maximum Gasteiger partial charge on any atom is 0.288 e. The largest absolute Gasteiger partial charge is 0.288 e. The molecule has 0 aromatic heterocycles. The Morgan fingerprint density at radius 2 is 1.35 bits per heavy atom. The summed E-state index contributed by atoms with van der Waals surface area (Å²) in [6, 6.07) is 0. The summed E-state index contributed by atoms with van der Waals surface area (Å²) in [5, 5.41) is -4.06.